The van der Waals surface area contributed by atoms with Crippen molar-refractivity contribution in [2.24, 2.45) is 5.92 Å². The van der Waals surface area contributed by atoms with Crippen LogP contribution in [0.2, 0.25) is 0 Å². The number of unbranched alkanes of at least 4 members (excludes halogenated alkanes) is 1. The van der Waals surface area contributed by atoms with Gasteiger partial charge in [0, 0.05) is 12.5 Å². The summed E-state index contributed by atoms with van der Waals surface area (Å²) in [6, 6.07) is 12.7. The van der Waals surface area contributed by atoms with Crippen molar-refractivity contribution in [1.82, 2.24) is 14.5 Å². The summed E-state index contributed by atoms with van der Waals surface area (Å²) >= 11 is 0. The lowest BCUT2D eigenvalue weighted by atomic mass is 9.88. The topological polar surface area (TPSA) is 55.2 Å². The Morgan fingerprint density at radius 3 is 2.52 bits per heavy atom. The van der Waals surface area contributed by atoms with Gasteiger partial charge in [0.15, 0.2) is 0 Å². The molecule has 0 N–H and O–H groups in total. The summed E-state index contributed by atoms with van der Waals surface area (Å²) in [5, 5.41) is 0.497. The van der Waals surface area contributed by atoms with Crippen LogP contribution < -0.4 is 5.56 Å². The van der Waals surface area contributed by atoms with Crippen molar-refractivity contribution < 1.29 is 9.18 Å². The highest BCUT2D eigenvalue weighted by atomic mass is 19.1. The lowest BCUT2D eigenvalue weighted by molar-refractivity contribution is -0.139. The van der Waals surface area contributed by atoms with Crippen molar-refractivity contribution in [3.63, 3.8) is 0 Å². The third-order valence-electron chi connectivity index (χ3n) is 6.72. The van der Waals surface area contributed by atoms with Crippen LogP contribution in [0.5, 0.6) is 0 Å². The number of rotatable bonds is 7. The van der Waals surface area contributed by atoms with E-state index in [9.17, 15) is 14.0 Å². The number of benzene rings is 2. The molecule has 2 aromatic carbocycles. The van der Waals surface area contributed by atoms with Crippen molar-refractivity contribution in [3.8, 4) is 5.69 Å². The quantitative estimate of drug-likeness (QED) is 0.458. The van der Waals surface area contributed by atoms with Gasteiger partial charge in [0.2, 0.25) is 5.91 Å². The predicted octanol–water partition coefficient (Wildman–Crippen LogP) is 5.79. The second kappa shape index (κ2) is 10.3. The zero-order valence-electron chi connectivity index (χ0n) is 19.5. The van der Waals surface area contributed by atoms with Gasteiger partial charge in [-0.1, -0.05) is 44.7 Å². The zero-order chi connectivity index (χ0) is 23.4. The van der Waals surface area contributed by atoms with Gasteiger partial charge in [-0.05, 0) is 62.6 Å². The molecule has 1 fully saturated rings. The van der Waals surface area contributed by atoms with Gasteiger partial charge in [0.25, 0.3) is 5.56 Å². The van der Waals surface area contributed by atoms with Crippen LogP contribution in [0.4, 0.5) is 4.39 Å². The number of fused-ring (bicyclic) bond motifs is 1. The highest BCUT2D eigenvalue weighted by molar-refractivity contribution is 5.80. The normalized spacial score (nSPS) is 15.5. The Kier molecular flexibility index (Phi) is 7.21. The van der Waals surface area contributed by atoms with E-state index in [2.05, 4.69) is 6.92 Å². The third-order valence-corrected chi connectivity index (χ3v) is 6.72. The van der Waals surface area contributed by atoms with Crippen molar-refractivity contribution in [3.05, 3.63) is 70.5 Å². The molecular weight excluding hydrogens is 417 g/mol. The van der Waals surface area contributed by atoms with Crippen molar-refractivity contribution >= 4 is 16.8 Å². The Morgan fingerprint density at radius 1 is 1.12 bits per heavy atom. The average Bonchev–Trinajstić information content (AvgIpc) is 2.85. The van der Waals surface area contributed by atoms with Crippen molar-refractivity contribution in [1.29, 1.82) is 0 Å². The first-order valence-corrected chi connectivity index (χ1v) is 12.1. The van der Waals surface area contributed by atoms with Crippen LogP contribution in [-0.2, 0) is 4.79 Å². The Labute approximate surface area is 194 Å². The molecule has 1 heterocycles. The number of para-hydroxylation sites is 1. The zero-order valence-corrected chi connectivity index (χ0v) is 19.5. The SMILES string of the molecule is CCCCN(C(=O)C1CCCCC1)C(C)c1nc2ccccc2c(=O)n1-c1ccc(F)cc1. The number of halogens is 1. The third kappa shape index (κ3) is 4.85. The minimum atomic E-state index is -0.395. The van der Waals surface area contributed by atoms with Gasteiger partial charge in [-0.25, -0.2) is 9.37 Å². The highest BCUT2D eigenvalue weighted by Gasteiger charge is 2.31. The highest BCUT2D eigenvalue weighted by Crippen LogP contribution is 2.30. The van der Waals surface area contributed by atoms with Crippen molar-refractivity contribution in [2.45, 2.75) is 64.8 Å². The first-order chi connectivity index (χ1) is 16.0. The van der Waals surface area contributed by atoms with Crippen LogP contribution in [-0.4, -0.2) is 26.9 Å². The summed E-state index contributed by atoms with van der Waals surface area (Å²) in [4.78, 5) is 34.0. The summed E-state index contributed by atoms with van der Waals surface area (Å²) in [5.74, 6) is 0.325. The number of carbonyl (C=O) groups excluding carboxylic acids is 1. The summed E-state index contributed by atoms with van der Waals surface area (Å²) in [6.07, 6.45) is 7.05. The molecule has 1 aromatic heterocycles. The van der Waals surface area contributed by atoms with E-state index in [1.54, 1.807) is 22.8 Å². The first-order valence-electron chi connectivity index (χ1n) is 12.1. The molecule has 33 heavy (non-hydrogen) atoms. The molecule has 1 aliphatic carbocycles. The van der Waals surface area contributed by atoms with E-state index < -0.39 is 6.04 Å². The average molecular weight is 450 g/mol. The molecule has 1 unspecified atom stereocenters. The van der Waals surface area contributed by atoms with Gasteiger partial charge in [0.1, 0.15) is 11.6 Å². The molecule has 5 nitrogen and oxygen atoms in total. The van der Waals surface area contributed by atoms with Gasteiger partial charge < -0.3 is 4.90 Å². The van der Waals surface area contributed by atoms with Gasteiger partial charge >= 0.3 is 0 Å². The van der Waals surface area contributed by atoms with Crippen molar-refractivity contribution in [2.75, 3.05) is 6.54 Å². The van der Waals surface area contributed by atoms with Crippen LogP contribution in [0.25, 0.3) is 16.6 Å². The van der Waals surface area contributed by atoms with E-state index in [-0.39, 0.29) is 23.2 Å². The molecule has 3 aromatic rings. The maximum atomic E-state index is 13.6. The van der Waals surface area contributed by atoms with Gasteiger partial charge in [0.05, 0.1) is 22.6 Å². The van der Waals surface area contributed by atoms with Crippen LogP contribution in [0.3, 0.4) is 0 Å². The number of amides is 1. The molecule has 1 atom stereocenters. The second-order valence-corrected chi connectivity index (χ2v) is 9.00. The molecule has 1 saturated carbocycles. The molecule has 1 amide bonds. The Bertz CT molecular complexity index is 1170. The summed E-state index contributed by atoms with van der Waals surface area (Å²) in [5.41, 5.74) is 0.931. The monoisotopic (exact) mass is 449 g/mol. The van der Waals surface area contributed by atoms with Crippen LogP contribution in [0.15, 0.2) is 53.3 Å². The van der Waals surface area contributed by atoms with Gasteiger partial charge in [-0.3, -0.25) is 14.2 Å². The number of hydrogen-bond acceptors (Lipinski definition) is 3. The van der Waals surface area contributed by atoms with E-state index >= 15 is 0 Å². The largest absolute Gasteiger partial charge is 0.333 e. The lowest BCUT2D eigenvalue weighted by Crippen LogP contribution is -2.41. The van der Waals surface area contributed by atoms with E-state index in [0.29, 0.717) is 29.0 Å². The number of aromatic nitrogens is 2. The van der Waals surface area contributed by atoms with Crippen LogP contribution in [0, 0.1) is 11.7 Å². The molecule has 4 rings (SSSR count). The molecular formula is C27H32FN3O2. The lowest BCUT2D eigenvalue weighted by Gasteiger charge is -2.34. The Balaban J connectivity index is 1.84. The summed E-state index contributed by atoms with van der Waals surface area (Å²) < 4.78 is 15.2. The molecule has 0 aliphatic heterocycles. The smallest absolute Gasteiger partial charge is 0.266 e. The summed E-state index contributed by atoms with van der Waals surface area (Å²) in [7, 11) is 0. The van der Waals surface area contributed by atoms with Crippen LogP contribution >= 0.6 is 0 Å². The first kappa shape index (κ1) is 23.1. The van der Waals surface area contributed by atoms with Crippen LogP contribution in [0.1, 0.15) is 70.7 Å². The minimum Gasteiger partial charge on any atom is -0.333 e. The molecule has 6 heteroatoms. The fourth-order valence-corrected chi connectivity index (χ4v) is 4.82. The number of hydrogen-bond donors (Lipinski definition) is 0. The Morgan fingerprint density at radius 2 is 1.82 bits per heavy atom. The Hall–Kier alpha value is -3.02. The fourth-order valence-electron chi connectivity index (χ4n) is 4.82. The molecule has 1 aliphatic rings. The van der Waals surface area contributed by atoms with E-state index in [0.717, 1.165) is 38.5 Å². The van der Waals surface area contributed by atoms with E-state index in [1.165, 1.54) is 18.6 Å². The summed E-state index contributed by atoms with van der Waals surface area (Å²) in [6.45, 7) is 4.68. The fraction of sp³-hybridized carbons (Fsp3) is 0.444. The minimum absolute atomic E-state index is 0.0319. The maximum absolute atomic E-state index is 13.6. The molecule has 0 radical (unpaired) electrons. The number of nitrogens with zero attached hydrogens (tertiary/aromatic N) is 3. The second-order valence-electron chi connectivity index (χ2n) is 9.00. The maximum Gasteiger partial charge on any atom is 0.266 e. The molecule has 0 saturated heterocycles. The number of carbonyl (C=O) groups is 1. The van der Waals surface area contributed by atoms with E-state index in [1.807, 2.05) is 30.0 Å². The predicted molar refractivity (Wildman–Crippen MR) is 129 cm³/mol. The molecule has 0 spiro atoms. The van der Waals surface area contributed by atoms with Gasteiger partial charge in [-0.2, -0.15) is 0 Å². The standard InChI is InChI=1S/C27H32FN3O2/c1-3-4-18-30(26(32)20-10-6-5-7-11-20)19(2)25-29-24-13-9-8-12-23(24)27(33)31(25)22-16-14-21(28)15-17-22/h8-9,12-17,19-20H,3-7,10-11,18H2,1-2H3. The van der Waals surface area contributed by atoms with E-state index in [4.69, 9.17) is 4.98 Å². The molecule has 0 bridgehead atoms. The molecule has 174 valence electrons. The van der Waals surface area contributed by atoms with Gasteiger partial charge in [-0.15, -0.1) is 0 Å².